The van der Waals surface area contributed by atoms with Gasteiger partial charge in [-0.3, -0.25) is 9.59 Å². The minimum atomic E-state index is -1.15. The third kappa shape index (κ3) is 4.93. The number of alkyl carbamates (subject to hydrolysis) is 1. The second kappa shape index (κ2) is 7.95. The van der Waals surface area contributed by atoms with Crippen molar-refractivity contribution >= 4 is 17.8 Å². The number of ether oxygens (including phenoxy) is 2. The second-order valence-corrected chi connectivity index (χ2v) is 7.74. The fourth-order valence-electron chi connectivity index (χ4n) is 3.01. The topological polar surface area (TPSA) is 108 Å². The summed E-state index contributed by atoms with van der Waals surface area (Å²) in [6.45, 7) is 5.11. The molecular formula is C22H23N2O5. The van der Waals surface area contributed by atoms with Crippen LogP contribution in [0.4, 0.5) is 4.79 Å². The maximum atomic E-state index is 13.2. The molecule has 7 heteroatoms. The summed E-state index contributed by atoms with van der Waals surface area (Å²) in [7, 11) is 0. The Morgan fingerprint density at radius 2 is 1.76 bits per heavy atom. The van der Waals surface area contributed by atoms with Crippen LogP contribution in [0, 0.1) is 6.42 Å². The molecule has 1 atom stereocenters. The summed E-state index contributed by atoms with van der Waals surface area (Å²) >= 11 is 0. The molecule has 0 saturated heterocycles. The molecule has 1 aliphatic rings. The van der Waals surface area contributed by atoms with Crippen LogP contribution in [-0.4, -0.2) is 29.4 Å². The largest absolute Gasteiger partial charge is 0.457 e. The van der Waals surface area contributed by atoms with Gasteiger partial charge in [-0.25, -0.2) is 4.79 Å². The summed E-state index contributed by atoms with van der Waals surface area (Å²) in [5.41, 5.74) is 6.27. The fraction of sp³-hybridized carbons (Fsp3) is 0.273. The van der Waals surface area contributed by atoms with Gasteiger partial charge in [0, 0.05) is 23.1 Å². The van der Waals surface area contributed by atoms with Crippen LogP contribution in [0.3, 0.4) is 0 Å². The number of ketones is 1. The first-order valence-electron chi connectivity index (χ1n) is 9.21. The lowest BCUT2D eigenvalue weighted by Gasteiger charge is -2.25. The lowest BCUT2D eigenvalue weighted by Crippen LogP contribution is -2.45. The molecule has 0 saturated carbocycles. The third-order valence-electron chi connectivity index (χ3n) is 4.18. The summed E-state index contributed by atoms with van der Waals surface area (Å²) in [4.78, 5) is 36.9. The second-order valence-electron chi connectivity index (χ2n) is 7.74. The monoisotopic (exact) mass is 395 g/mol. The molecule has 0 aliphatic carbocycles. The first-order valence-corrected chi connectivity index (χ1v) is 9.21. The van der Waals surface area contributed by atoms with Crippen molar-refractivity contribution in [1.82, 2.24) is 5.32 Å². The van der Waals surface area contributed by atoms with Gasteiger partial charge < -0.3 is 20.5 Å². The van der Waals surface area contributed by atoms with Crippen molar-refractivity contribution in [2.75, 3.05) is 0 Å². The van der Waals surface area contributed by atoms with E-state index < -0.39 is 29.4 Å². The van der Waals surface area contributed by atoms with Gasteiger partial charge in [0.05, 0.1) is 6.42 Å². The maximum Gasteiger partial charge on any atom is 0.408 e. The number of rotatable bonds is 5. The summed E-state index contributed by atoms with van der Waals surface area (Å²) < 4.78 is 11.1. The molecule has 1 aliphatic heterocycles. The van der Waals surface area contributed by atoms with E-state index in [0.717, 1.165) is 5.56 Å². The molecule has 2 amide bonds. The van der Waals surface area contributed by atoms with Gasteiger partial charge in [0.1, 0.15) is 23.1 Å². The molecule has 29 heavy (non-hydrogen) atoms. The zero-order valence-corrected chi connectivity index (χ0v) is 16.5. The van der Waals surface area contributed by atoms with Crippen LogP contribution in [0.15, 0.2) is 42.5 Å². The van der Waals surface area contributed by atoms with E-state index in [1.807, 2.05) is 30.7 Å². The van der Waals surface area contributed by atoms with Crippen LogP contribution in [0.2, 0.25) is 0 Å². The van der Waals surface area contributed by atoms with E-state index in [4.69, 9.17) is 15.2 Å². The lowest BCUT2D eigenvalue weighted by atomic mass is 9.91. The number of fused-ring (bicyclic) bond motifs is 2. The summed E-state index contributed by atoms with van der Waals surface area (Å²) in [6.07, 6.45) is 0.697. The van der Waals surface area contributed by atoms with Crippen LogP contribution in [0.1, 0.15) is 48.7 Å². The molecule has 0 aromatic heterocycles. The van der Waals surface area contributed by atoms with E-state index in [1.54, 1.807) is 39.0 Å². The number of Topliss-reactive ketones (excluding diaryl/α,β-unsaturated/α-hetero) is 1. The molecule has 0 unspecified atom stereocenters. The Bertz CT molecular complexity index is 962. The van der Waals surface area contributed by atoms with Gasteiger partial charge >= 0.3 is 6.09 Å². The predicted octanol–water partition coefficient (Wildman–Crippen LogP) is 3.34. The first kappa shape index (κ1) is 20.4. The van der Waals surface area contributed by atoms with Gasteiger partial charge in [-0.05, 0) is 32.9 Å². The van der Waals surface area contributed by atoms with Gasteiger partial charge in [0.15, 0.2) is 5.78 Å². The highest BCUT2D eigenvalue weighted by molar-refractivity contribution is 6.05. The molecule has 0 bridgehead atoms. The Morgan fingerprint density at radius 3 is 2.45 bits per heavy atom. The van der Waals surface area contributed by atoms with E-state index in [9.17, 15) is 14.4 Å². The number of nitrogens with two attached hydrogens (primary N) is 1. The SMILES string of the molecule is CC(C)(C)OC(=O)N[C@@H](CC(N)=O)C(=O)c1cccc2c1[CH]c1ccccc1O2. The Balaban J connectivity index is 1.89. The minimum absolute atomic E-state index is 0.319. The minimum Gasteiger partial charge on any atom is -0.457 e. The molecule has 0 spiro atoms. The third-order valence-corrected chi connectivity index (χ3v) is 4.18. The number of primary amides is 1. The number of carbonyl (C=O) groups excluding carboxylic acids is 3. The van der Waals surface area contributed by atoms with Crippen LogP contribution in [0.5, 0.6) is 11.5 Å². The quantitative estimate of drug-likeness (QED) is 0.644. The molecule has 1 heterocycles. The zero-order chi connectivity index (χ0) is 21.2. The van der Waals surface area contributed by atoms with E-state index in [1.165, 1.54) is 0 Å². The van der Waals surface area contributed by atoms with Gasteiger partial charge in [0.2, 0.25) is 5.91 Å². The highest BCUT2D eigenvalue weighted by Crippen LogP contribution is 2.39. The summed E-state index contributed by atoms with van der Waals surface area (Å²) in [6, 6.07) is 11.3. The number of benzene rings is 2. The summed E-state index contributed by atoms with van der Waals surface area (Å²) in [5.74, 6) is 0.0373. The van der Waals surface area contributed by atoms with E-state index >= 15 is 0 Å². The van der Waals surface area contributed by atoms with Gasteiger partial charge in [-0.1, -0.05) is 30.3 Å². The normalized spacial score (nSPS) is 13.3. The average Bonchev–Trinajstić information content (AvgIpc) is 2.63. The lowest BCUT2D eigenvalue weighted by molar-refractivity contribution is -0.118. The zero-order valence-electron chi connectivity index (χ0n) is 16.5. The molecule has 1 radical (unpaired) electrons. The van der Waals surface area contributed by atoms with Gasteiger partial charge in [-0.15, -0.1) is 0 Å². The van der Waals surface area contributed by atoms with Crippen LogP contribution < -0.4 is 15.8 Å². The Morgan fingerprint density at radius 1 is 1.07 bits per heavy atom. The highest BCUT2D eigenvalue weighted by atomic mass is 16.6. The van der Waals surface area contributed by atoms with Crippen LogP contribution >= 0.6 is 0 Å². The number of para-hydroxylation sites is 1. The Hall–Kier alpha value is -3.35. The van der Waals surface area contributed by atoms with Crippen LogP contribution in [0.25, 0.3) is 0 Å². The fourth-order valence-corrected chi connectivity index (χ4v) is 3.01. The van der Waals surface area contributed by atoms with Crippen molar-refractivity contribution in [3.63, 3.8) is 0 Å². The maximum absolute atomic E-state index is 13.2. The molecule has 7 nitrogen and oxygen atoms in total. The van der Waals surface area contributed by atoms with Crippen molar-refractivity contribution in [3.05, 3.63) is 65.6 Å². The average molecular weight is 395 g/mol. The highest BCUT2D eigenvalue weighted by Gasteiger charge is 2.30. The molecule has 2 aromatic rings. The first-order chi connectivity index (χ1) is 13.6. The van der Waals surface area contributed by atoms with E-state index in [-0.39, 0.29) is 6.42 Å². The summed E-state index contributed by atoms with van der Waals surface area (Å²) in [5, 5.41) is 2.46. The van der Waals surface area contributed by atoms with Crippen molar-refractivity contribution in [2.24, 2.45) is 5.73 Å². The van der Waals surface area contributed by atoms with Gasteiger partial charge in [-0.2, -0.15) is 0 Å². The molecule has 2 aromatic carbocycles. The number of amides is 2. The predicted molar refractivity (Wildman–Crippen MR) is 107 cm³/mol. The molecular weight excluding hydrogens is 372 g/mol. The standard InChI is InChI=1S/C22H23N2O5/c1-22(2,3)29-21(27)24-16(12-19(23)25)20(26)14-8-6-10-18-15(14)11-13-7-4-5-9-17(13)28-18/h4-11,16H,12H2,1-3H3,(H2,23,25)(H,24,27)/t16-/m0/s1. The molecule has 3 rings (SSSR count). The smallest absolute Gasteiger partial charge is 0.408 e. The number of carbonyl (C=O) groups is 3. The van der Waals surface area contributed by atoms with E-state index in [2.05, 4.69) is 5.32 Å². The number of nitrogens with one attached hydrogen (secondary N) is 1. The van der Waals surface area contributed by atoms with Crippen LogP contribution in [-0.2, 0) is 9.53 Å². The Labute approximate surface area is 169 Å². The van der Waals surface area contributed by atoms with Gasteiger partial charge in [0.25, 0.3) is 0 Å². The van der Waals surface area contributed by atoms with Crippen molar-refractivity contribution in [3.8, 4) is 11.5 Å². The van der Waals surface area contributed by atoms with Crippen molar-refractivity contribution < 1.29 is 23.9 Å². The van der Waals surface area contributed by atoms with E-state index in [0.29, 0.717) is 22.6 Å². The van der Waals surface area contributed by atoms with Crippen molar-refractivity contribution in [2.45, 2.75) is 38.8 Å². The molecule has 151 valence electrons. The molecule has 3 N–H and O–H groups in total. The number of hydrogen-bond donors (Lipinski definition) is 2. The van der Waals surface area contributed by atoms with Crippen molar-refractivity contribution in [1.29, 1.82) is 0 Å². The number of hydrogen-bond acceptors (Lipinski definition) is 5. The molecule has 0 fully saturated rings. The Kier molecular flexibility index (Phi) is 5.59.